The van der Waals surface area contributed by atoms with Gasteiger partial charge < -0.3 is 28.8 Å². The Balaban J connectivity index is 1.37. The third-order valence-corrected chi connectivity index (χ3v) is 8.09. The number of rotatable bonds is 6. The Hall–Kier alpha value is -3.06. The first-order valence-corrected chi connectivity index (χ1v) is 14.2. The van der Waals surface area contributed by atoms with Gasteiger partial charge in [-0.25, -0.2) is 0 Å². The van der Waals surface area contributed by atoms with Gasteiger partial charge in [-0.3, -0.25) is 0 Å². The fourth-order valence-corrected chi connectivity index (χ4v) is 5.96. The highest BCUT2D eigenvalue weighted by molar-refractivity contribution is 5.50. The second kappa shape index (κ2) is 11.2. The summed E-state index contributed by atoms with van der Waals surface area (Å²) in [6.07, 6.45) is 5.14. The minimum absolute atomic E-state index is 0.243. The van der Waals surface area contributed by atoms with Crippen LogP contribution in [0.5, 0.6) is 17.2 Å². The molecule has 2 fully saturated rings. The normalized spacial score (nSPS) is 28.7. The summed E-state index contributed by atoms with van der Waals surface area (Å²) >= 11 is 0. The van der Waals surface area contributed by atoms with E-state index in [1.807, 2.05) is 49.4 Å². The van der Waals surface area contributed by atoms with Crippen LogP contribution in [0, 0.1) is 6.92 Å². The highest BCUT2D eigenvalue weighted by Crippen LogP contribution is 2.54. The van der Waals surface area contributed by atoms with Crippen LogP contribution in [-0.2, 0) is 15.1 Å². The molecule has 0 saturated carbocycles. The average molecular weight is 531 g/mol. The summed E-state index contributed by atoms with van der Waals surface area (Å²) in [5.41, 5.74) is 2.57. The Morgan fingerprint density at radius 2 is 1.44 bits per heavy atom. The van der Waals surface area contributed by atoms with Gasteiger partial charge in [0, 0.05) is 18.4 Å². The van der Waals surface area contributed by atoms with Gasteiger partial charge in [0.1, 0.15) is 29.0 Å². The number of ether oxygens (including phenoxy) is 5. The zero-order valence-electron chi connectivity index (χ0n) is 22.8. The summed E-state index contributed by atoms with van der Waals surface area (Å²) in [5.74, 6) is 1.66. The third-order valence-electron chi connectivity index (χ3n) is 8.09. The minimum Gasteiger partial charge on any atom is -0.485 e. The molecule has 5 atom stereocenters. The van der Waals surface area contributed by atoms with Crippen molar-refractivity contribution in [2.75, 3.05) is 13.2 Å². The van der Waals surface area contributed by atoms with E-state index in [0.29, 0.717) is 23.7 Å². The summed E-state index contributed by atoms with van der Waals surface area (Å²) in [6.45, 7) is 5.37. The molecular weight excluding hydrogens is 492 g/mol. The van der Waals surface area contributed by atoms with Gasteiger partial charge in [-0.05, 0) is 81.0 Å². The molecule has 3 aliphatic rings. The maximum Gasteiger partial charge on any atom is 0.199 e. The van der Waals surface area contributed by atoms with Gasteiger partial charge in [0.2, 0.25) is 0 Å². The standard InChI is InChI=1S/C33H38O6/c1-22-12-14-23(15-13-22)32-31(24-8-7-9-25(20-24)37-29-10-3-5-18-35-29)33(2,34)27-21-26(16-17-28(27)39-32)38-30-11-4-6-19-36-30/h7-9,12-17,20-21,29-32,34H,3-6,10-11,18-19H2,1-2H3. The van der Waals surface area contributed by atoms with Crippen molar-refractivity contribution in [3.63, 3.8) is 0 Å². The van der Waals surface area contributed by atoms with Gasteiger partial charge >= 0.3 is 0 Å². The number of aryl methyl sites for hydroxylation is 1. The molecule has 5 unspecified atom stereocenters. The topological polar surface area (TPSA) is 66.4 Å². The first-order valence-electron chi connectivity index (χ1n) is 14.2. The van der Waals surface area contributed by atoms with Gasteiger partial charge in [-0.2, -0.15) is 0 Å². The fourth-order valence-electron chi connectivity index (χ4n) is 5.96. The lowest BCUT2D eigenvalue weighted by atomic mass is 9.71. The van der Waals surface area contributed by atoms with E-state index in [2.05, 4.69) is 31.2 Å². The summed E-state index contributed by atoms with van der Waals surface area (Å²) in [4.78, 5) is 0. The highest BCUT2D eigenvalue weighted by atomic mass is 16.7. The number of hydrogen-bond donors (Lipinski definition) is 1. The van der Waals surface area contributed by atoms with Crippen LogP contribution in [0.1, 0.15) is 79.7 Å². The molecule has 3 aromatic rings. The molecule has 1 N–H and O–H groups in total. The van der Waals surface area contributed by atoms with E-state index in [4.69, 9.17) is 23.7 Å². The van der Waals surface area contributed by atoms with Crippen LogP contribution in [0.2, 0.25) is 0 Å². The molecule has 3 aliphatic heterocycles. The second-order valence-electron chi connectivity index (χ2n) is 11.1. The summed E-state index contributed by atoms with van der Waals surface area (Å²) in [7, 11) is 0. The molecule has 6 nitrogen and oxygen atoms in total. The maximum atomic E-state index is 12.3. The number of aliphatic hydroxyl groups is 1. The Kier molecular flexibility index (Phi) is 7.52. The van der Waals surface area contributed by atoms with Crippen molar-refractivity contribution in [3.05, 3.63) is 89.0 Å². The zero-order chi connectivity index (χ0) is 26.8. The van der Waals surface area contributed by atoms with Crippen molar-refractivity contribution >= 4 is 0 Å². The molecule has 0 radical (unpaired) electrons. The average Bonchev–Trinajstić information content (AvgIpc) is 2.95. The molecule has 3 aromatic carbocycles. The monoisotopic (exact) mass is 530 g/mol. The first-order chi connectivity index (χ1) is 19.0. The van der Waals surface area contributed by atoms with Crippen LogP contribution >= 0.6 is 0 Å². The van der Waals surface area contributed by atoms with E-state index in [1.54, 1.807) is 0 Å². The first kappa shape index (κ1) is 26.2. The molecule has 0 bridgehead atoms. The van der Waals surface area contributed by atoms with Crippen molar-refractivity contribution < 1.29 is 28.8 Å². The molecule has 0 spiro atoms. The number of fused-ring (bicyclic) bond motifs is 1. The SMILES string of the molecule is Cc1ccc(C2Oc3ccc(OC4CCCCO4)cc3C(C)(O)C2c2cccc(OC3CCCCO3)c2)cc1. The lowest BCUT2D eigenvalue weighted by Gasteiger charge is -2.44. The molecule has 3 heterocycles. The van der Waals surface area contributed by atoms with E-state index < -0.39 is 17.6 Å². The number of hydrogen-bond acceptors (Lipinski definition) is 6. The van der Waals surface area contributed by atoms with E-state index in [1.165, 1.54) is 5.56 Å². The van der Waals surface area contributed by atoms with Crippen LogP contribution < -0.4 is 14.2 Å². The Morgan fingerprint density at radius 1 is 0.769 bits per heavy atom. The van der Waals surface area contributed by atoms with Crippen LogP contribution in [-0.4, -0.2) is 30.9 Å². The molecule has 39 heavy (non-hydrogen) atoms. The molecule has 0 amide bonds. The number of benzene rings is 3. The van der Waals surface area contributed by atoms with Gasteiger partial charge in [0.15, 0.2) is 12.6 Å². The van der Waals surface area contributed by atoms with Gasteiger partial charge in [0.25, 0.3) is 0 Å². The fraction of sp³-hybridized carbons (Fsp3) is 0.455. The Bertz CT molecular complexity index is 1260. The summed E-state index contributed by atoms with van der Waals surface area (Å²) in [5, 5.41) is 12.3. The highest BCUT2D eigenvalue weighted by Gasteiger charge is 2.48. The van der Waals surface area contributed by atoms with E-state index in [9.17, 15) is 5.11 Å². The lowest BCUT2D eigenvalue weighted by Crippen LogP contribution is -2.40. The molecule has 0 aliphatic carbocycles. The van der Waals surface area contributed by atoms with Gasteiger partial charge in [0.05, 0.1) is 19.1 Å². The van der Waals surface area contributed by atoms with Crippen molar-refractivity contribution in [3.8, 4) is 17.2 Å². The third kappa shape index (κ3) is 5.65. The predicted molar refractivity (Wildman–Crippen MR) is 148 cm³/mol. The molecule has 6 heteroatoms. The van der Waals surface area contributed by atoms with Crippen molar-refractivity contribution in [1.82, 2.24) is 0 Å². The van der Waals surface area contributed by atoms with Crippen molar-refractivity contribution in [2.24, 2.45) is 0 Å². The molecule has 0 aromatic heterocycles. The lowest BCUT2D eigenvalue weighted by molar-refractivity contribution is -0.106. The smallest absolute Gasteiger partial charge is 0.199 e. The summed E-state index contributed by atoms with van der Waals surface area (Å²) in [6, 6.07) is 22.0. The molecule has 2 saturated heterocycles. The largest absolute Gasteiger partial charge is 0.485 e. The molecular formula is C33H38O6. The zero-order valence-corrected chi connectivity index (χ0v) is 22.8. The molecule has 6 rings (SSSR count). The Morgan fingerprint density at radius 3 is 2.08 bits per heavy atom. The van der Waals surface area contributed by atoms with Gasteiger partial charge in [-0.1, -0.05) is 42.0 Å². The van der Waals surface area contributed by atoms with Crippen molar-refractivity contribution in [2.45, 2.75) is 82.6 Å². The van der Waals surface area contributed by atoms with Crippen LogP contribution in [0.3, 0.4) is 0 Å². The van der Waals surface area contributed by atoms with E-state index in [-0.39, 0.29) is 12.6 Å². The van der Waals surface area contributed by atoms with E-state index >= 15 is 0 Å². The quantitative estimate of drug-likeness (QED) is 0.373. The van der Waals surface area contributed by atoms with Crippen molar-refractivity contribution in [1.29, 1.82) is 0 Å². The van der Waals surface area contributed by atoms with Crippen LogP contribution in [0.4, 0.5) is 0 Å². The van der Waals surface area contributed by atoms with Gasteiger partial charge in [-0.15, -0.1) is 0 Å². The predicted octanol–water partition coefficient (Wildman–Crippen LogP) is 6.93. The maximum absolute atomic E-state index is 12.3. The Labute approximate surface area is 230 Å². The van der Waals surface area contributed by atoms with E-state index in [0.717, 1.165) is 62.0 Å². The second-order valence-corrected chi connectivity index (χ2v) is 11.1. The van der Waals surface area contributed by atoms with Crippen LogP contribution in [0.15, 0.2) is 66.7 Å². The van der Waals surface area contributed by atoms with Crippen LogP contribution in [0.25, 0.3) is 0 Å². The summed E-state index contributed by atoms with van der Waals surface area (Å²) < 4.78 is 30.7. The minimum atomic E-state index is -1.25. The molecule has 206 valence electrons.